The second kappa shape index (κ2) is 8.42. The highest BCUT2D eigenvalue weighted by Crippen LogP contribution is 2.13. The van der Waals surface area contributed by atoms with Gasteiger partial charge < -0.3 is 15.1 Å². The Balaban J connectivity index is 1.43. The number of hydrogen-bond donors (Lipinski definition) is 1. The number of rotatable bonds is 7. The molecule has 0 atom stereocenters. The van der Waals surface area contributed by atoms with Crippen molar-refractivity contribution in [2.75, 3.05) is 26.2 Å². The van der Waals surface area contributed by atoms with Crippen LogP contribution in [0.2, 0.25) is 0 Å². The zero-order chi connectivity index (χ0) is 18.4. The molecule has 1 aromatic heterocycles. The molecule has 1 aromatic carbocycles. The van der Waals surface area contributed by atoms with Crippen LogP contribution in [0.4, 0.5) is 9.18 Å². The van der Waals surface area contributed by atoms with E-state index in [0.29, 0.717) is 32.6 Å². The summed E-state index contributed by atoms with van der Waals surface area (Å²) in [6, 6.07) is 9.72. The molecule has 0 aliphatic carbocycles. The Morgan fingerprint density at radius 3 is 2.62 bits per heavy atom. The highest BCUT2D eigenvalue weighted by molar-refractivity contribution is 5.85. The molecular formula is C19H21FN4O2. The smallest absolute Gasteiger partial charge is 0.320 e. The summed E-state index contributed by atoms with van der Waals surface area (Å²) in [7, 11) is 0. The molecule has 0 bridgehead atoms. The lowest BCUT2D eigenvalue weighted by Gasteiger charge is -2.18. The Bertz CT molecular complexity index is 752. The van der Waals surface area contributed by atoms with Gasteiger partial charge in [0.15, 0.2) is 0 Å². The summed E-state index contributed by atoms with van der Waals surface area (Å²) in [5, 5.41) is 2.83. The Morgan fingerprint density at radius 2 is 1.88 bits per heavy atom. The number of amides is 3. The van der Waals surface area contributed by atoms with E-state index in [0.717, 1.165) is 11.1 Å². The third-order valence-electron chi connectivity index (χ3n) is 4.26. The number of carbonyl (C=O) groups is 2. The van der Waals surface area contributed by atoms with Gasteiger partial charge in [-0.3, -0.25) is 9.78 Å². The lowest BCUT2D eigenvalue weighted by molar-refractivity contribution is -0.121. The number of halogens is 1. The predicted molar refractivity (Wildman–Crippen MR) is 94.7 cm³/mol. The Hall–Kier alpha value is -2.96. The van der Waals surface area contributed by atoms with Crippen LogP contribution in [0.3, 0.4) is 0 Å². The fourth-order valence-electron chi connectivity index (χ4n) is 2.86. The first-order valence-electron chi connectivity index (χ1n) is 8.56. The lowest BCUT2D eigenvalue weighted by Crippen LogP contribution is -2.40. The van der Waals surface area contributed by atoms with E-state index < -0.39 is 0 Å². The van der Waals surface area contributed by atoms with Crippen LogP contribution in [0, 0.1) is 5.82 Å². The molecule has 2 heterocycles. The second-order valence-corrected chi connectivity index (χ2v) is 6.21. The van der Waals surface area contributed by atoms with Crippen molar-refractivity contribution in [3.05, 3.63) is 65.7 Å². The topological polar surface area (TPSA) is 65.5 Å². The Morgan fingerprint density at radius 1 is 1.12 bits per heavy atom. The Labute approximate surface area is 151 Å². The molecule has 1 aliphatic rings. The molecular weight excluding hydrogens is 335 g/mol. The van der Waals surface area contributed by atoms with E-state index >= 15 is 0 Å². The molecule has 0 radical (unpaired) electrons. The molecule has 0 saturated carbocycles. The molecule has 2 aromatic rings. The van der Waals surface area contributed by atoms with Crippen molar-refractivity contribution in [3.8, 4) is 0 Å². The van der Waals surface area contributed by atoms with Gasteiger partial charge in [0.2, 0.25) is 5.91 Å². The molecule has 1 fully saturated rings. The van der Waals surface area contributed by atoms with E-state index in [-0.39, 0.29) is 24.3 Å². The number of carbonyl (C=O) groups excluding carboxylic acids is 2. The minimum atomic E-state index is -0.300. The highest BCUT2D eigenvalue weighted by Gasteiger charge is 2.29. The van der Waals surface area contributed by atoms with Crippen molar-refractivity contribution in [1.82, 2.24) is 20.1 Å². The molecule has 1 N–H and O–H groups in total. The molecule has 26 heavy (non-hydrogen) atoms. The molecule has 1 aliphatic heterocycles. The van der Waals surface area contributed by atoms with E-state index in [1.165, 1.54) is 17.0 Å². The predicted octanol–water partition coefficient (Wildman–Crippen LogP) is 1.82. The third kappa shape index (κ3) is 4.78. The van der Waals surface area contributed by atoms with E-state index in [1.807, 2.05) is 12.1 Å². The van der Waals surface area contributed by atoms with Gasteiger partial charge in [-0.1, -0.05) is 18.2 Å². The summed E-state index contributed by atoms with van der Waals surface area (Å²) < 4.78 is 13.0. The van der Waals surface area contributed by atoms with Crippen molar-refractivity contribution in [2.24, 2.45) is 0 Å². The summed E-state index contributed by atoms with van der Waals surface area (Å²) in [6.45, 7) is 2.03. The fourth-order valence-corrected chi connectivity index (χ4v) is 2.86. The van der Waals surface area contributed by atoms with Crippen LogP contribution in [0.25, 0.3) is 0 Å². The SMILES string of the molecule is O=C(CN1CCN(Cc2ccc(F)cc2)C1=O)NCCc1cccnc1. The molecule has 136 valence electrons. The van der Waals surface area contributed by atoms with Crippen molar-refractivity contribution >= 4 is 11.9 Å². The first-order valence-corrected chi connectivity index (χ1v) is 8.56. The van der Waals surface area contributed by atoms with Crippen LogP contribution in [0.15, 0.2) is 48.8 Å². The van der Waals surface area contributed by atoms with Gasteiger partial charge in [0.25, 0.3) is 0 Å². The normalized spacial score (nSPS) is 14.0. The zero-order valence-electron chi connectivity index (χ0n) is 14.4. The van der Waals surface area contributed by atoms with Crippen LogP contribution >= 0.6 is 0 Å². The summed E-state index contributed by atoms with van der Waals surface area (Å²) in [5.41, 5.74) is 1.91. The van der Waals surface area contributed by atoms with Gasteiger partial charge in [0.05, 0.1) is 0 Å². The Kier molecular flexibility index (Phi) is 5.78. The summed E-state index contributed by atoms with van der Waals surface area (Å²) >= 11 is 0. The largest absolute Gasteiger partial charge is 0.354 e. The van der Waals surface area contributed by atoms with Gasteiger partial charge in [-0.25, -0.2) is 9.18 Å². The van der Waals surface area contributed by atoms with Crippen LogP contribution < -0.4 is 5.32 Å². The van der Waals surface area contributed by atoms with Gasteiger partial charge in [-0.05, 0) is 35.7 Å². The van der Waals surface area contributed by atoms with Gasteiger partial charge in [-0.15, -0.1) is 0 Å². The maximum absolute atomic E-state index is 13.0. The number of aromatic nitrogens is 1. The molecule has 1 saturated heterocycles. The maximum Gasteiger partial charge on any atom is 0.320 e. The minimum Gasteiger partial charge on any atom is -0.354 e. The van der Waals surface area contributed by atoms with E-state index in [1.54, 1.807) is 29.4 Å². The van der Waals surface area contributed by atoms with Gasteiger partial charge in [-0.2, -0.15) is 0 Å². The van der Waals surface area contributed by atoms with Crippen molar-refractivity contribution < 1.29 is 14.0 Å². The van der Waals surface area contributed by atoms with Crippen LogP contribution in [0.5, 0.6) is 0 Å². The number of hydrogen-bond acceptors (Lipinski definition) is 3. The summed E-state index contributed by atoms with van der Waals surface area (Å²) in [4.78, 5) is 31.7. The van der Waals surface area contributed by atoms with Gasteiger partial charge in [0, 0.05) is 38.6 Å². The molecule has 0 spiro atoms. The van der Waals surface area contributed by atoms with Gasteiger partial charge in [0.1, 0.15) is 12.4 Å². The van der Waals surface area contributed by atoms with Crippen molar-refractivity contribution in [3.63, 3.8) is 0 Å². The first-order chi connectivity index (χ1) is 12.6. The lowest BCUT2D eigenvalue weighted by atomic mass is 10.2. The van der Waals surface area contributed by atoms with Crippen LogP contribution in [-0.4, -0.2) is 52.9 Å². The number of nitrogens with zero attached hydrogens (tertiary/aromatic N) is 3. The molecule has 3 amide bonds. The van der Waals surface area contributed by atoms with E-state index in [2.05, 4.69) is 10.3 Å². The standard InChI is InChI=1S/C19H21FN4O2/c20-17-5-3-16(4-6-17)13-23-10-11-24(19(23)26)14-18(25)22-9-7-15-2-1-8-21-12-15/h1-6,8,12H,7,9-11,13-14H2,(H,22,25). The summed E-state index contributed by atoms with van der Waals surface area (Å²) in [5.74, 6) is -0.475. The summed E-state index contributed by atoms with van der Waals surface area (Å²) in [6.07, 6.45) is 4.17. The molecule has 6 nitrogen and oxygen atoms in total. The van der Waals surface area contributed by atoms with Crippen molar-refractivity contribution in [2.45, 2.75) is 13.0 Å². The maximum atomic E-state index is 13.0. The molecule has 7 heteroatoms. The average molecular weight is 356 g/mol. The molecule has 3 rings (SSSR count). The van der Waals surface area contributed by atoms with E-state index in [9.17, 15) is 14.0 Å². The number of nitrogens with one attached hydrogen (secondary N) is 1. The number of urea groups is 1. The van der Waals surface area contributed by atoms with Crippen LogP contribution in [-0.2, 0) is 17.8 Å². The second-order valence-electron chi connectivity index (χ2n) is 6.21. The monoisotopic (exact) mass is 356 g/mol. The minimum absolute atomic E-state index is 0.0474. The number of pyridine rings is 1. The van der Waals surface area contributed by atoms with E-state index in [4.69, 9.17) is 0 Å². The van der Waals surface area contributed by atoms with Crippen LogP contribution in [0.1, 0.15) is 11.1 Å². The average Bonchev–Trinajstić information content (AvgIpc) is 2.98. The fraction of sp³-hybridized carbons (Fsp3) is 0.316. The quantitative estimate of drug-likeness (QED) is 0.823. The first kappa shape index (κ1) is 17.8. The van der Waals surface area contributed by atoms with Crippen molar-refractivity contribution in [1.29, 1.82) is 0 Å². The third-order valence-corrected chi connectivity index (χ3v) is 4.26. The van der Waals surface area contributed by atoms with Gasteiger partial charge >= 0.3 is 6.03 Å². The molecule has 0 unspecified atom stereocenters. The number of benzene rings is 1. The highest BCUT2D eigenvalue weighted by atomic mass is 19.1. The zero-order valence-corrected chi connectivity index (χ0v) is 14.4.